The lowest BCUT2D eigenvalue weighted by Gasteiger charge is -2.11. The van der Waals surface area contributed by atoms with Gasteiger partial charge in [0.25, 0.3) is 0 Å². The lowest BCUT2D eigenvalue weighted by molar-refractivity contribution is -0.137. The number of rotatable bonds is 5. The SMILES string of the molecule is FC(F)(F)c1cc(Cl)nc(OCCOc2ccccc2)c1. The first-order valence-electron chi connectivity index (χ1n) is 6.00. The van der Waals surface area contributed by atoms with Crippen LogP contribution in [0.2, 0.25) is 5.15 Å². The summed E-state index contributed by atoms with van der Waals surface area (Å²) in [6.45, 7) is 0.235. The minimum atomic E-state index is -4.49. The first-order valence-corrected chi connectivity index (χ1v) is 6.38. The highest BCUT2D eigenvalue weighted by molar-refractivity contribution is 6.29. The van der Waals surface area contributed by atoms with Crippen molar-refractivity contribution in [3.8, 4) is 11.6 Å². The summed E-state index contributed by atoms with van der Waals surface area (Å²) in [5, 5.41) is -0.274. The molecular formula is C14H11ClF3NO2. The molecule has 0 N–H and O–H groups in total. The molecule has 0 bridgehead atoms. The number of benzene rings is 1. The summed E-state index contributed by atoms with van der Waals surface area (Å²) < 4.78 is 48.2. The number of halogens is 4. The molecule has 1 aromatic heterocycles. The normalized spacial score (nSPS) is 11.2. The highest BCUT2D eigenvalue weighted by atomic mass is 35.5. The van der Waals surface area contributed by atoms with Crippen molar-refractivity contribution < 1.29 is 22.6 Å². The Kier molecular flexibility index (Phi) is 4.90. The Bertz CT molecular complexity index is 591. The zero-order chi connectivity index (χ0) is 15.3. The summed E-state index contributed by atoms with van der Waals surface area (Å²) in [6, 6.07) is 10.5. The van der Waals surface area contributed by atoms with Gasteiger partial charge in [-0.1, -0.05) is 29.8 Å². The molecule has 112 valence electrons. The molecule has 0 unspecified atom stereocenters. The van der Waals surface area contributed by atoms with Gasteiger partial charge in [-0.3, -0.25) is 0 Å². The molecule has 0 spiro atoms. The number of hydrogen-bond acceptors (Lipinski definition) is 3. The number of nitrogens with zero attached hydrogens (tertiary/aromatic N) is 1. The maximum Gasteiger partial charge on any atom is 0.416 e. The maximum atomic E-state index is 12.6. The number of alkyl halides is 3. The summed E-state index contributed by atoms with van der Waals surface area (Å²) in [7, 11) is 0. The van der Waals surface area contributed by atoms with Gasteiger partial charge in [0, 0.05) is 6.07 Å². The standard InChI is InChI=1S/C14H11ClF3NO2/c15-12-8-10(14(16,17)18)9-13(19-12)21-7-6-20-11-4-2-1-3-5-11/h1-5,8-9H,6-7H2. The van der Waals surface area contributed by atoms with Crippen molar-refractivity contribution in [1.82, 2.24) is 4.98 Å². The van der Waals surface area contributed by atoms with E-state index in [4.69, 9.17) is 21.1 Å². The average molecular weight is 318 g/mol. The van der Waals surface area contributed by atoms with Crippen molar-refractivity contribution in [3.05, 3.63) is 53.2 Å². The predicted molar refractivity (Wildman–Crippen MR) is 71.7 cm³/mol. The van der Waals surface area contributed by atoms with Gasteiger partial charge in [-0.05, 0) is 18.2 Å². The first kappa shape index (κ1) is 15.4. The number of pyridine rings is 1. The second-order valence-corrected chi connectivity index (χ2v) is 4.41. The molecule has 0 atom stereocenters. The van der Waals surface area contributed by atoms with Crippen LogP contribution in [0.3, 0.4) is 0 Å². The van der Waals surface area contributed by atoms with E-state index in [1.165, 1.54) is 0 Å². The van der Waals surface area contributed by atoms with Gasteiger partial charge in [-0.25, -0.2) is 4.98 Å². The van der Waals surface area contributed by atoms with Crippen molar-refractivity contribution in [2.45, 2.75) is 6.18 Å². The van der Waals surface area contributed by atoms with Crippen molar-refractivity contribution in [1.29, 1.82) is 0 Å². The predicted octanol–water partition coefficient (Wildman–Crippen LogP) is 4.21. The zero-order valence-corrected chi connectivity index (χ0v) is 11.5. The third kappa shape index (κ3) is 4.82. The number of hydrogen-bond donors (Lipinski definition) is 0. The van der Waals surface area contributed by atoms with Crippen molar-refractivity contribution in [2.75, 3.05) is 13.2 Å². The third-order valence-corrected chi connectivity index (χ3v) is 2.64. The van der Waals surface area contributed by atoms with E-state index in [1.54, 1.807) is 12.1 Å². The lowest BCUT2D eigenvalue weighted by atomic mass is 10.2. The van der Waals surface area contributed by atoms with Crippen LogP contribution in [0.15, 0.2) is 42.5 Å². The summed E-state index contributed by atoms with van der Waals surface area (Å²) in [5.74, 6) is 0.461. The summed E-state index contributed by atoms with van der Waals surface area (Å²) >= 11 is 5.54. The second kappa shape index (κ2) is 6.67. The van der Waals surface area contributed by atoms with Crippen LogP contribution in [0.5, 0.6) is 11.6 Å². The molecule has 0 saturated carbocycles. The fourth-order valence-corrected chi connectivity index (χ4v) is 1.73. The topological polar surface area (TPSA) is 31.4 Å². The fraction of sp³-hybridized carbons (Fsp3) is 0.214. The van der Waals surface area contributed by atoms with Gasteiger partial charge in [0.2, 0.25) is 5.88 Å². The first-order chi connectivity index (χ1) is 9.95. The lowest BCUT2D eigenvalue weighted by Crippen LogP contribution is -2.11. The van der Waals surface area contributed by atoms with E-state index in [2.05, 4.69) is 4.98 Å². The van der Waals surface area contributed by atoms with Crippen molar-refractivity contribution in [3.63, 3.8) is 0 Å². The third-order valence-electron chi connectivity index (χ3n) is 2.44. The molecular weight excluding hydrogens is 307 g/mol. The van der Waals surface area contributed by atoms with E-state index in [1.807, 2.05) is 18.2 Å². The molecule has 21 heavy (non-hydrogen) atoms. The van der Waals surface area contributed by atoms with Gasteiger partial charge in [0.15, 0.2) is 0 Å². The molecule has 0 aliphatic heterocycles. The van der Waals surface area contributed by atoms with Crippen LogP contribution < -0.4 is 9.47 Å². The molecule has 3 nitrogen and oxygen atoms in total. The number of aromatic nitrogens is 1. The minimum Gasteiger partial charge on any atom is -0.490 e. The molecule has 0 aliphatic carbocycles. The van der Waals surface area contributed by atoms with E-state index in [-0.39, 0.29) is 24.2 Å². The molecule has 0 saturated heterocycles. The van der Waals surface area contributed by atoms with Crippen molar-refractivity contribution in [2.24, 2.45) is 0 Å². The molecule has 1 heterocycles. The van der Waals surface area contributed by atoms with Crippen LogP contribution in [-0.4, -0.2) is 18.2 Å². The van der Waals surface area contributed by atoms with E-state index < -0.39 is 11.7 Å². The van der Waals surface area contributed by atoms with Gasteiger partial charge in [-0.15, -0.1) is 0 Å². The van der Waals surface area contributed by atoms with E-state index in [0.29, 0.717) is 5.75 Å². The molecule has 0 aliphatic rings. The molecule has 0 radical (unpaired) electrons. The maximum absolute atomic E-state index is 12.6. The molecule has 0 amide bonds. The van der Waals surface area contributed by atoms with E-state index in [9.17, 15) is 13.2 Å². The Morgan fingerprint density at radius 3 is 2.33 bits per heavy atom. The van der Waals surface area contributed by atoms with Gasteiger partial charge in [0.05, 0.1) is 5.56 Å². The summed E-state index contributed by atoms with van der Waals surface area (Å²) in [6.07, 6.45) is -4.49. The Labute approximate surface area is 124 Å². The Morgan fingerprint density at radius 2 is 1.67 bits per heavy atom. The number of para-hydroxylation sites is 1. The average Bonchev–Trinajstić information content (AvgIpc) is 2.43. The van der Waals surface area contributed by atoms with Crippen LogP contribution in [0, 0.1) is 0 Å². The molecule has 2 aromatic rings. The van der Waals surface area contributed by atoms with Crippen LogP contribution in [-0.2, 0) is 6.18 Å². The fourth-order valence-electron chi connectivity index (χ4n) is 1.53. The van der Waals surface area contributed by atoms with Gasteiger partial charge in [0.1, 0.15) is 24.1 Å². The number of ether oxygens (including phenoxy) is 2. The van der Waals surface area contributed by atoms with Gasteiger partial charge >= 0.3 is 6.18 Å². The molecule has 7 heteroatoms. The monoisotopic (exact) mass is 317 g/mol. The molecule has 2 rings (SSSR count). The van der Waals surface area contributed by atoms with Crippen LogP contribution in [0.25, 0.3) is 0 Å². The Morgan fingerprint density at radius 1 is 1.00 bits per heavy atom. The van der Waals surface area contributed by atoms with Crippen LogP contribution in [0.4, 0.5) is 13.2 Å². The smallest absolute Gasteiger partial charge is 0.416 e. The quantitative estimate of drug-likeness (QED) is 0.611. The summed E-state index contributed by atoms with van der Waals surface area (Å²) in [4.78, 5) is 3.68. The largest absolute Gasteiger partial charge is 0.490 e. The van der Waals surface area contributed by atoms with Crippen LogP contribution >= 0.6 is 11.6 Å². The highest BCUT2D eigenvalue weighted by Gasteiger charge is 2.31. The van der Waals surface area contributed by atoms with E-state index >= 15 is 0 Å². The van der Waals surface area contributed by atoms with E-state index in [0.717, 1.165) is 12.1 Å². The van der Waals surface area contributed by atoms with Gasteiger partial charge in [-0.2, -0.15) is 13.2 Å². The Hall–Kier alpha value is -1.95. The zero-order valence-electron chi connectivity index (χ0n) is 10.7. The van der Waals surface area contributed by atoms with Crippen LogP contribution in [0.1, 0.15) is 5.56 Å². The Balaban J connectivity index is 1.90. The molecule has 1 aromatic carbocycles. The minimum absolute atomic E-state index is 0.0551. The molecule has 0 fully saturated rings. The van der Waals surface area contributed by atoms with Gasteiger partial charge < -0.3 is 9.47 Å². The second-order valence-electron chi connectivity index (χ2n) is 4.02. The summed E-state index contributed by atoms with van der Waals surface area (Å²) in [5.41, 5.74) is -0.901. The van der Waals surface area contributed by atoms with Crippen molar-refractivity contribution >= 4 is 11.6 Å². The highest BCUT2D eigenvalue weighted by Crippen LogP contribution is 2.32.